The molecular weight excluding hydrogens is 274 g/mol. The van der Waals surface area contributed by atoms with Gasteiger partial charge in [-0.25, -0.2) is 4.98 Å². The highest BCUT2D eigenvalue weighted by Crippen LogP contribution is 2.24. The van der Waals surface area contributed by atoms with E-state index in [9.17, 15) is 0 Å². The number of benzene rings is 2. The summed E-state index contributed by atoms with van der Waals surface area (Å²) in [5.41, 5.74) is 6.01. The third-order valence-corrected chi connectivity index (χ3v) is 3.66. The second kappa shape index (κ2) is 4.80. The zero-order chi connectivity index (χ0) is 15.1. The van der Waals surface area contributed by atoms with Crippen LogP contribution in [0.1, 0.15) is 11.1 Å². The first kappa shape index (κ1) is 12.8. The van der Waals surface area contributed by atoms with E-state index in [1.54, 1.807) is 6.33 Å². The van der Waals surface area contributed by atoms with E-state index in [4.69, 9.17) is 4.98 Å². The average Bonchev–Trinajstić information content (AvgIpc) is 2.98. The van der Waals surface area contributed by atoms with Gasteiger partial charge in [-0.1, -0.05) is 18.2 Å². The summed E-state index contributed by atoms with van der Waals surface area (Å²) < 4.78 is 1.97. The van der Waals surface area contributed by atoms with Crippen molar-refractivity contribution >= 4 is 28.2 Å². The van der Waals surface area contributed by atoms with Gasteiger partial charge in [0, 0.05) is 5.69 Å². The molecule has 0 fully saturated rings. The molecule has 1 N–H and O–H groups in total. The summed E-state index contributed by atoms with van der Waals surface area (Å²) in [6.45, 7) is 4.13. The van der Waals surface area contributed by atoms with Crippen molar-refractivity contribution in [3.8, 4) is 0 Å². The molecule has 4 aromatic rings. The molecule has 2 aromatic heterocycles. The van der Waals surface area contributed by atoms with Crippen LogP contribution in [0.25, 0.3) is 16.7 Å². The van der Waals surface area contributed by atoms with Gasteiger partial charge in [0.2, 0.25) is 5.65 Å². The van der Waals surface area contributed by atoms with Gasteiger partial charge in [-0.15, -0.1) is 10.2 Å². The normalized spacial score (nSPS) is 11.2. The lowest BCUT2D eigenvalue weighted by Gasteiger charge is -2.10. The van der Waals surface area contributed by atoms with E-state index >= 15 is 0 Å². The minimum absolute atomic E-state index is 0.708. The zero-order valence-electron chi connectivity index (χ0n) is 12.4. The van der Waals surface area contributed by atoms with Crippen molar-refractivity contribution in [2.75, 3.05) is 5.32 Å². The van der Waals surface area contributed by atoms with E-state index in [1.165, 1.54) is 11.1 Å². The zero-order valence-corrected chi connectivity index (χ0v) is 12.4. The van der Waals surface area contributed by atoms with Crippen molar-refractivity contribution in [3.05, 3.63) is 59.9 Å². The molecule has 2 heterocycles. The SMILES string of the molecule is Cc1cccc(Nc2nc3ccc(C)cc3n3cnnc23)c1. The Morgan fingerprint density at radius 3 is 2.73 bits per heavy atom. The summed E-state index contributed by atoms with van der Waals surface area (Å²) in [5.74, 6) is 0.708. The third kappa shape index (κ3) is 2.07. The lowest BCUT2D eigenvalue weighted by atomic mass is 10.2. The van der Waals surface area contributed by atoms with E-state index in [1.807, 2.05) is 22.6 Å². The molecule has 5 heteroatoms. The molecule has 0 aliphatic carbocycles. The maximum absolute atomic E-state index is 4.71. The van der Waals surface area contributed by atoms with Gasteiger partial charge in [-0.2, -0.15) is 0 Å². The fraction of sp³-hybridized carbons (Fsp3) is 0.118. The topological polar surface area (TPSA) is 55.1 Å². The molecule has 108 valence electrons. The number of nitrogens with one attached hydrogen (secondary N) is 1. The Bertz CT molecular complexity index is 987. The van der Waals surface area contributed by atoms with E-state index in [0.717, 1.165) is 22.4 Å². The molecule has 0 aliphatic heterocycles. The van der Waals surface area contributed by atoms with Crippen LogP contribution in [0, 0.1) is 13.8 Å². The van der Waals surface area contributed by atoms with Crippen LogP contribution in [0.15, 0.2) is 48.8 Å². The highest BCUT2D eigenvalue weighted by Gasteiger charge is 2.10. The van der Waals surface area contributed by atoms with Gasteiger partial charge in [0.15, 0.2) is 5.82 Å². The molecular formula is C17H15N5. The van der Waals surface area contributed by atoms with Gasteiger partial charge in [-0.05, 0) is 49.2 Å². The lowest BCUT2D eigenvalue weighted by Crippen LogP contribution is -2.00. The van der Waals surface area contributed by atoms with Crippen LogP contribution in [0.3, 0.4) is 0 Å². The molecule has 0 bridgehead atoms. The maximum atomic E-state index is 4.71. The van der Waals surface area contributed by atoms with E-state index in [2.05, 4.69) is 53.6 Å². The number of aryl methyl sites for hydroxylation is 2. The number of hydrogen-bond acceptors (Lipinski definition) is 4. The van der Waals surface area contributed by atoms with Crippen LogP contribution in [-0.2, 0) is 0 Å². The quantitative estimate of drug-likeness (QED) is 0.612. The Hall–Kier alpha value is -2.95. The number of rotatable bonds is 2. The van der Waals surface area contributed by atoms with Crippen LogP contribution < -0.4 is 5.32 Å². The second-order valence-electron chi connectivity index (χ2n) is 5.47. The highest BCUT2D eigenvalue weighted by atomic mass is 15.3. The third-order valence-electron chi connectivity index (χ3n) is 3.66. The smallest absolute Gasteiger partial charge is 0.204 e. The Morgan fingerprint density at radius 2 is 1.86 bits per heavy atom. The summed E-state index contributed by atoms with van der Waals surface area (Å²) in [6.07, 6.45) is 1.72. The number of nitrogens with zero attached hydrogens (tertiary/aromatic N) is 4. The molecule has 22 heavy (non-hydrogen) atoms. The van der Waals surface area contributed by atoms with Crippen LogP contribution in [0.5, 0.6) is 0 Å². The molecule has 0 saturated heterocycles. The van der Waals surface area contributed by atoms with Crippen LogP contribution in [0.4, 0.5) is 11.5 Å². The molecule has 2 aromatic carbocycles. The first-order valence-electron chi connectivity index (χ1n) is 7.14. The molecule has 0 saturated carbocycles. The Morgan fingerprint density at radius 1 is 1.00 bits per heavy atom. The minimum Gasteiger partial charge on any atom is -0.337 e. The highest BCUT2D eigenvalue weighted by molar-refractivity contribution is 5.84. The Kier molecular flexibility index (Phi) is 2.79. The molecule has 0 atom stereocenters. The van der Waals surface area contributed by atoms with Gasteiger partial charge < -0.3 is 5.32 Å². The second-order valence-corrected chi connectivity index (χ2v) is 5.47. The van der Waals surface area contributed by atoms with Crippen molar-refractivity contribution in [2.45, 2.75) is 13.8 Å². The standard InChI is InChI=1S/C17H15N5/c1-11-4-3-5-13(8-11)19-16-17-21-18-10-22(17)15-9-12(2)6-7-14(15)20-16/h3-10H,1-2H3,(H,19,20). The van der Waals surface area contributed by atoms with E-state index in [0.29, 0.717) is 5.82 Å². The van der Waals surface area contributed by atoms with E-state index < -0.39 is 0 Å². The summed E-state index contributed by atoms with van der Waals surface area (Å²) >= 11 is 0. The fourth-order valence-electron chi connectivity index (χ4n) is 2.61. The Balaban J connectivity index is 1.92. The average molecular weight is 289 g/mol. The lowest BCUT2D eigenvalue weighted by molar-refractivity contribution is 1.11. The van der Waals surface area contributed by atoms with Gasteiger partial charge in [0.05, 0.1) is 11.0 Å². The van der Waals surface area contributed by atoms with Gasteiger partial charge >= 0.3 is 0 Å². The molecule has 4 rings (SSSR count). The maximum Gasteiger partial charge on any atom is 0.204 e. The summed E-state index contributed by atoms with van der Waals surface area (Å²) in [4.78, 5) is 4.71. The number of hydrogen-bond donors (Lipinski definition) is 1. The first-order chi connectivity index (χ1) is 10.7. The fourth-order valence-corrected chi connectivity index (χ4v) is 2.61. The van der Waals surface area contributed by atoms with Gasteiger partial charge in [0.25, 0.3) is 0 Å². The van der Waals surface area contributed by atoms with Gasteiger partial charge in [-0.3, -0.25) is 4.40 Å². The summed E-state index contributed by atoms with van der Waals surface area (Å²) in [6, 6.07) is 14.3. The van der Waals surface area contributed by atoms with E-state index in [-0.39, 0.29) is 0 Å². The number of fused-ring (bicyclic) bond motifs is 3. The molecule has 0 aliphatic rings. The van der Waals surface area contributed by atoms with Crippen molar-refractivity contribution < 1.29 is 0 Å². The molecule has 0 spiro atoms. The number of aromatic nitrogens is 4. The largest absolute Gasteiger partial charge is 0.337 e. The van der Waals surface area contributed by atoms with Crippen LogP contribution in [-0.4, -0.2) is 19.6 Å². The van der Waals surface area contributed by atoms with Gasteiger partial charge in [0.1, 0.15) is 6.33 Å². The van der Waals surface area contributed by atoms with Crippen molar-refractivity contribution in [1.82, 2.24) is 19.6 Å². The number of anilines is 2. The predicted octanol–water partition coefficient (Wildman–Crippen LogP) is 3.64. The molecule has 0 amide bonds. The van der Waals surface area contributed by atoms with Crippen molar-refractivity contribution in [3.63, 3.8) is 0 Å². The van der Waals surface area contributed by atoms with Crippen LogP contribution >= 0.6 is 0 Å². The van der Waals surface area contributed by atoms with Crippen LogP contribution in [0.2, 0.25) is 0 Å². The molecule has 0 radical (unpaired) electrons. The summed E-state index contributed by atoms with van der Waals surface area (Å²) in [5, 5.41) is 11.6. The first-order valence-corrected chi connectivity index (χ1v) is 7.14. The molecule has 5 nitrogen and oxygen atoms in total. The monoisotopic (exact) mass is 289 g/mol. The predicted molar refractivity (Wildman–Crippen MR) is 87.5 cm³/mol. The summed E-state index contributed by atoms with van der Waals surface area (Å²) in [7, 11) is 0. The molecule has 0 unspecified atom stereocenters. The minimum atomic E-state index is 0.708. The Labute approximate surface area is 127 Å². The van der Waals surface area contributed by atoms with Crippen molar-refractivity contribution in [2.24, 2.45) is 0 Å². The van der Waals surface area contributed by atoms with Crippen molar-refractivity contribution in [1.29, 1.82) is 0 Å².